The summed E-state index contributed by atoms with van der Waals surface area (Å²) in [7, 11) is 3.94. The van der Waals surface area contributed by atoms with E-state index in [4.69, 9.17) is 14.2 Å². The number of benzene rings is 1. The molecule has 3 aliphatic rings. The number of aromatic nitrogens is 4. The number of nitrogens with one attached hydrogen (secondary N) is 2. The maximum absolute atomic E-state index is 12.5. The van der Waals surface area contributed by atoms with Crippen LogP contribution in [0.2, 0.25) is 0 Å². The zero-order valence-corrected chi connectivity index (χ0v) is 19.0. The van der Waals surface area contributed by atoms with Gasteiger partial charge in [0.15, 0.2) is 0 Å². The third-order valence-corrected chi connectivity index (χ3v) is 6.60. The minimum atomic E-state index is -0.274. The number of carbonyl (C=O) groups excluding carboxylic acids is 1. The Morgan fingerprint density at radius 2 is 1.94 bits per heavy atom. The quantitative estimate of drug-likeness (QED) is 0.676. The molecule has 1 aromatic heterocycles. The fraction of sp³-hybridized carbons (Fsp3) is 0.636. The molecule has 3 heterocycles. The minimum absolute atomic E-state index is 0.157. The van der Waals surface area contributed by atoms with Crippen LogP contribution in [0.1, 0.15) is 38.1 Å². The summed E-state index contributed by atoms with van der Waals surface area (Å²) in [6.07, 6.45) is 5.13. The van der Waals surface area contributed by atoms with Crippen molar-refractivity contribution in [2.45, 2.75) is 62.4 Å². The second kappa shape index (κ2) is 9.52. The molecule has 2 amide bonds. The van der Waals surface area contributed by atoms with Crippen LogP contribution >= 0.6 is 0 Å². The van der Waals surface area contributed by atoms with Gasteiger partial charge in [-0.2, -0.15) is 4.68 Å². The number of fused-ring (bicyclic) bond motifs is 1. The maximum atomic E-state index is 12.5. The lowest BCUT2D eigenvalue weighted by atomic mass is 9.96. The molecule has 4 unspecified atom stereocenters. The van der Waals surface area contributed by atoms with Crippen molar-refractivity contribution < 1.29 is 19.0 Å². The number of hydrogen-bond donors (Lipinski definition) is 2. The molecular formula is C22H31N7O4. The molecule has 2 N–H and O–H groups in total. The Balaban J connectivity index is 1.22. The summed E-state index contributed by atoms with van der Waals surface area (Å²) < 4.78 is 19.6. The molecule has 3 fully saturated rings. The van der Waals surface area contributed by atoms with Crippen molar-refractivity contribution in [2.24, 2.45) is 0 Å². The van der Waals surface area contributed by atoms with Gasteiger partial charge in [0.2, 0.25) is 0 Å². The molecule has 33 heavy (non-hydrogen) atoms. The summed E-state index contributed by atoms with van der Waals surface area (Å²) in [5, 5.41) is 18.1. The number of urea groups is 1. The smallest absolute Gasteiger partial charge is 0.341 e. The first-order valence-corrected chi connectivity index (χ1v) is 11.6. The number of ether oxygens (including phenoxy) is 3. The number of hydrogen-bond acceptors (Lipinski definition) is 8. The molecule has 4 atom stereocenters. The highest BCUT2D eigenvalue weighted by atomic mass is 16.6. The summed E-state index contributed by atoms with van der Waals surface area (Å²) in [6.45, 7) is 0.754. The summed E-state index contributed by atoms with van der Waals surface area (Å²) >= 11 is 0. The third kappa shape index (κ3) is 4.74. The number of carbonyl (C=O) groups is 1. The van der Waals surface area contributed by atoms with Crippen LogP contribution in [-0.2, 0) is 9.47 Å². The standard InChI is InChI=1S/C22H31N7O4/c1-28(2)15-9-6-10-16(11-15)33-22-25-26-27-29(22)18-13-32-19-17(12-31-20(18)19)24-21(30)23-14-7-4-3-5-8-14/h6,9-11,14,17-20H,3-5,7-8,12-13H2,1-2H3,(H2,23,24,30). The van der Waals surface area contributed by atoms with Crippen molar-refractivity contribution in [2.75, 3.05) is 32.2 Å². The van der Waals surface area contributed by atoms with Crippen molar-refractivity contribution >= 4 is 11.7 Å². The second-order valence-corrected chi connectivity index (χ2v) is 9.12. The van der Waals surface area contributed by atoms with Crippen molar-refractivity contribution in [1.29, 1.82) is 0 Å². The van der Waals surface area contributed by atoms with E-state index in [-0.39, 0.29) is 42.4 Å². The zero-order valence-electron chi connectivity index (χ0n) is 19.0. The van der Waals surface area contributed by atoms with Gasteiger partial charge in [0.25, 0.3) is 0 Å². The Hall–Kier alpha value is -2.92. The van der Waals surface area contributed by atoms with Crippen LogP contribution in [0.5, 0.6) is 11.8 Å². The first kappa shape index (κ1) is 21.9. The van der Waals surface area contributed by atoms with Crippen molar-refractivity contribution in [3.8, 4) is 11.8 Å². The molecule has 5 rings (SSSR count). The minimum Gasteiger partial charge on any atom is -0.423 e. The lowest BCUT2D eigenvalue weighted by Crippen LogP contribution is -2.50. The molecule has 2 aromatic rings. The van der Waals surface area contributed by atoms with E-state index in [1.54, 1.807) is 4.68 Å². The average Bonchev–Trinajstić information content (AvgIpc) is 3.52. The number of nitrogens with zero attached hydrogens (tertiary/aromatic N) is 5. The van der Waals surface area contributed by atoms with Gasteiger partial charge in [-0.05, 0) is 35.4 Å². The fourth-order valence-corrected chi connectivity index (χ4v) is 4.85. The molecule has 1 aliphatic carbocycles. The molecule has 0 spiro atoms. The molecule has 2 aliphatic heterocycles. The Kier molecular flexibility index (Phi) is 6.32. The van der Waals surface area contributed by atoms with Crippen LogP contribution in [0.3, 0.4) is 0 Å². The van der Waals surface area contributed by atoms with E-state index < -0.39 is 0 Å². The highest BCUT2D eigenvalue weighted by molar-refractivity contribution is 5.74. The zero-order chi connectivity index (χ0) is 22.8. The number of tetrazole rings is 1. The normalized spacial score (nSPS) is 27.2. The predicted octanol–water partition coefficient (Wildman–Crippen LogP) is 1.87. The maximum Gasteiger partial charge on any atom is 0.341 e. The topological polar surface area (TPSA) is 116 Å². The summed E-state index contributed by atoms with van der Waals surface area (Å²) in [5.41, 5.74) is 1.01. The van der Waals surface area contributed by atoms with Gasteiger partial charge in [0.05, 0.1) is 19.3 Å². The number of anilines is 1. The Morgan fingerprint density at radius 3 is 2.76 bits per heavy atom. The number of amides is 2. The average molecular weight is 458 g/mol. The van der Waals surface area contributed by atoms with Crippen LogP contribution in [0.15, 0.2) is 24.3 Å². The van der Waals surface area contributed by atoms with E-state index in [2.05, 4.69) is 26.2 Å². The Bertz CT molecular complexity index is 962. The van der Waals surface area contributed by atoms with Crippen LogP contribution in [-0.4, -0.2) is 77.8 Å². The molecule has 1 aromatic carbocycles. The van der Waals surface area contributed by atoms with E-state index in [0.29, 0.717) is 19.0 Å². The highest BCUT2D eigenvalue weighted by Crippen LogP contribution is 2.36. The molecule has 178 valence electrons. The van der Waals surface area contributed by atoms with Gasteiger partial charge in [-0.15, -0.1) is 0 Å². The van der Waals surface area contributed by atoms with Gasteiger partial charge in [-0.1, -0.05) is 30.4 Å². The van der Waals surface area contributed by atoms with Gasteiger partial charge < -0.3 is 29.7 Å². The molecule has 11 heteroatoms. The van der Waals surface area contributed by atoms with Gasteiger partial charge >= 0.3 is 12.0 Å². The second-order valence-electron chi connectivity index (χ2n) is 9.12. The van der Waals surface area contributed by atoms with E-state index in [9.17, 15) is 4.79 Å². The Morgan fingerprint density at radius 1 is 1.12 bits per heavy atom. The summed E-state index contributed by atoms with van der Waals surface area (Å²) in [5.74, 6) is 0.638. The lowest BCUT2D eigenvalue weighted by Gasteiger charge is -2.24. The monoisotopic (exact) mass is 457 g/mol. The largest absolute Gasteiger partial charge is 0.423 e. The van der Waals surface area contributed by atoms with Crippen molar-refractivity contribution in [3.63, 3.8) is 0 Å². The number of rotatable bonds is 6. The molecule has 2 saturated heterocycles. The molecule has 1 saturated carbocycles. The van der Waals surface area contributed by atoms with Gasteiger partial charge in [-0.25, -0.2) is 4.79 Å². The van der Waals surface area contributed by atoms with Gasteiger partial charge in [-0.3, -0.25) is 0 Å². The van der Waals surface area contributed by atoms with E-state index in [1.807, 2.05) is 43.3 Å². The highest BCUT2D eigenvalue weighted by Gasteiger charge is 2.50. The van der Waals surface area contributed by atoms with E-state index >= 15 is 0 Å². The van der Waals surface area contributed by atoms with Crippen LogP contribution in [0, 0.1) is 0 Å². The lowest BCUT2D eigenvalue weighted by molar-refractivity contribution is 0.0613. The van der Waals surface area contributed by atoms with Gasteiger partial charge in [0, 0.05) is 31.9 Å². The van der Waals surface area contributed by atoms with Gasteiger partial charge in [0.1, 0.15) is 24.0 Å². The van der Waals surface area contributed by atoms with Crippen LogP contribution in [0.4, 0.5) is 10.5 Å². The van der Waals surface area contributed by atoms with E-state index in [1.165, 1.54) is 19.3 Å². The SMILES string of the molecule is CN(C)c1cccc(Oc2nnnn2C2COC3C(NC(=O)NC4CCCCC4)COC32)c1. The van der Waals surface area contributed by atoms with Crippen molar-refractivity contribution in [3.05, 3.63) is 24.3 Å². The summed E-state index contributed by atoms with van der Waals surface area (Å²) in [4.78, 5) is 14.5. The molecule has 11 nitrogen and oxygen atoms in total. The van der Waals surface area contributed by atoms with Crippen molar-refractivity contribution in [1.82, 2.24) is 30.8 Å². The first-order valence-electron chi connectivity index (χ1n) is 11.6. The van der Waals surface area contributed by atoms with E-state index in [0.717, 1.165) is 18.5 Å². The first-order chi connectivity index (χ1) is 16.1. The molecule has 0 bridgehead atoms. The Labute approximate surface area is 192 Å². The third-order valence-electron chi connectivity index (χ3n) is 6.60. The van der Waals surface area contributed by atoms with Crippen LogP contribution < -0.4 is 20.3 Å². The van der Waals surface area contributed by atoms with Crippen LogP contribution in [0.25, 0.3) is 0 Å². The molecular weight excluding hydrogens is 426 g/mol. The molecule has 0 radical (unpaired) electrons. The predicted molar refractivity (Wildman–Crippen MR) is 120 cm³/mol. The summed E-state index contributed by atoms with van der Waals surface area (Å²) in [6, 6.07) is 7.59. The fourth-order valence-electron chi connectivity index (χ4n) is 4.85.